The van der Waals surface area contributed by atoms with Gasteiger partial charge in [0.25, 0.3) is 5.91 Å². The summed E-state index contributed by atoms with van der Waals surface area (Å²) in [5.41, 5.74) is -0.388. The molecule has 0 aromatic heterocycles. The zero-order valence-electron chi connectivity index (χ0n) is 10.8. The minimum absolute atomic E-state index is 0.223. The van der Waals surface area contributed by atoms with E-state index in [1.54, 1.807) is 0 Å². The van der Waals surface area contributed by atoms with E-state index < -0.39 is 35.3 Å². The van der Waals surface area contributed by atoms with Crippen molar-refractivity contribution in [3.05, 3.63) is 29.3 Å². The highest BCUT2D eigenvalue weighted by atomic mass is 19.1. The Morgan fingerprint density at radius 1 is 1.30 bits per heavy atom. The molecule has 7 heteroatoms. The molecule has 0 unspecified atom stereocenters. The number of phenols is 1. The second-order valence-corrected chi connectivity index (χ2v) is 4.30. The Labute approximate surface area is 114 Å². The monoisotopic (exact) mass is 287 g/mol. The molecule has 0 saturated heterocycles. The first kappa shape index (κ1) is 15.9. The number of phenolic OH excluding ortho intramolecular Hbond substituents is 1. The fourth-order valence-corrected chi connectivity index (χ4v) is 1.60. The molecule has 0 aliphatic heterocycles. The Morgan fingerprint density at radius 3 is 2.30 bits per heavy atom. The quantitative estimate of drug-likeness (QED) is 0.747. The molecule has 0 spiro atoms. The fraction of sp³-hybridized carbons (Fsp3) is 0.385. The van der Waals surface area contributed by atoms with Gasteiger partial charge in [-0.05, 0) is 18.6 Å². The summed E-state index contributed by atoms with van der Waals surface area (Å²) in [6.07, 6.45) is 1.57. The number of aliphatic carboxylic acids is 1. The molecular formula is C13H15F2NO4. The van der Waals surface area contributed by atoms with Gasteiger partial charge < -0.3 is 15.5 Å². The van der Waals surface area contributed by atoms with E-state index >= 15 is 0 Å². The number of aromatic hydroxyl groups is 1. The van der Waals surface area contributed by atoms with E-state index in [-0.39, 0.29) is 12.0 Å². The van der Waals surface area contributed by atoms with E-state index in [2.05, 4.69) is 5.32 Å². The average Bonchev–Trinajstić information content (AvgIpc) is 2.39. The average molecular weight is 287 g/mol. The minimum Gasteiger partial charge on any atom is -0.503 e. The van der Waals surface area contributed by atoms with Crippen LogP contribution < -0.4 is 5.32 Å². The third-order valence-corrected chi connectivity index (χ3v) is 2.73. The number of rotatable bonds is 6. The number of carbonyl (C=O) groups is 2. The van der Waals surface area contributed by atoms with Crippen molar-refractivity contribution >= 4 is 11.9 Å². The lowest BCUT2D eigenvalue weighted by Crippen LogP contribution is -2.40. The normalized spacial score (nSPS) is 11.9. The Hall–Kier alpha value is -2.18. The maximum Gasteiger partial charge on any atom is 0.326 e. The number of hydrogen-bond donors (Lipinski definition) is 3. The number of carbonyl (C=O) groups excluding carboxylic acids is 1. The maximum atomic E-state index is 13.1. The number of hydrogen-bond acceptors (Lipinski definition) is 3. The Kier molecular flexibility index (Phi) is 5.42. The summed E-state index contributed by atoms with van der Waals surface area (Å²) in [7, 11) is 0. The summed E-state index contributed by atoms with van der Waals surface area (Å²) in [6.45, 7) is 1.87. The van der Waals surface area contributed by atoms with E-state index in [0.29, 0.717) is 18.6 Å². The molecule has 20 heavy (non-hydrogen) atoms. The van der Waals surface area contributed by atoms with Crippen LogP contribution in [-0.4, -0.2) is 28.1 Å². The van der Waals surface area contributed by atoms with Crippen LogP contribution in [0, 0.1) is 11.6 Å². The SMILES string of the molecule is CCCC[C@H](NC(=O)c1cc(F)c(O)c(F)c1)C(=O)O. The summed E-state index contributed by atoms with van der Waals surface area (Å²) in [4.78, 5) is 22.7. The van der Waals surface area contributed by atoms with Crippen LogP contribution in [0.2, 0.25) is 0 Å². The zero-order valence-corrected chi connectivity index (χ0v) is 10.8. The highest BCUT2D eigenvalue weighted by Gasteiger charge is 2.21. The topological polar surface area (TPSA) is 86.6 Å². The molecule has 0 radical (unpaired) electrons. The van der Waals surface area contributed by atoms with Gasteiger partial charge in [0.1, 0.15) is 6.04 Å². The molecule has 1 amide bonds. The lowest BCUT2D eigenvalue weighted by Gasteiger charge is -2.14. The minimum atomic E-state index is -1.28. The van der Waals surface area contributed by atoms with Crippen molar-refractivity contribution in [3.63, 3.8) is 0 Å². The number of amides is 1. The molecule has 110 valence electrons. The number of halogens is 2. The van der Waals surface area contributed by atoms with Crippen LogP contribution in [-0.2, 0) is 4.79 Å². The van der Waals surface area contributed by atoms with Gasteiger partial charge in [-0.1, -0.05) is 19.8 Å². The summed E-state index contributed by atoms with van der Waals surface area (Å²) in [6, 6.07) is 0.168. The highest BCUT2D eigenvalue weighted by molar-refractivity contribution is 5.96. The summed E-state index contributed by atoms with van der Waals surface area (Å²) in [5.74, 6) is -5.87. The van der Waals surface area contributed by atoms with E-state index in [0.717, 1.165) is 6.42 Å². The summed E-state index contributed by atoms with van der Waals surface area (Å²) < 4.78 is 26.2. The van der Waals surface area contributed by atoms with Crippen molar-refractivity contribution in [2.24, 2.45) is 0 Å². The number of carboxylic acid groups (broad SMARTS) is 1. The molecule has 0 aliphatic rings. The first-order valence-corrected chi connectivity index (χ1v) is 6.08. The molecule has 0 saturated carbocycles. The van der Waals surface area contributed by atoms with Gasteiger partial charge in [0.15, 0.2) is 17.4 Å². The van der Waals surface area contributed by atoms with Crippen LogP contribution in [0.15, 0.2) is 12.1 Å². The number of nitrogens with one attached hydrogen (secondary N) is 1. The first-order valence-electron chi connectivity index (χ1n) is 6.08. The second kappa shape index (κ2) is 6.83. The molecule has 3 N–H and O–H groups in total. The van der Waals surface area contributed by atoms with Gasteiger partial charge in [-0.25, -0.2) is 13.6 Å². The van der Waals surface area contributed by atoms with Gasteiger partial charge in [-0.15, -0.1) is 0 Å². The van der Waals surface area contributed by atoms with Gasteiger partial charge in [0.05, 0.1) is 0 Å². The summed E-state index contributed by atoms with van der Waals surface area (Å²) >= 11 is 0. The molecule has 1 aromatic rings. The molecule has 0 heterocycles. The number of unbranched alkanes of at least 4 members (excludes halogenated alkanes) is 1. The van der Waals surface area contributed by atoms with Crippen LogP contribution in [0.1, 0.15) is 36.5 Å². The van der Waals surface area contributed by atoms with Crippen LogP contribution in [0.5, 0.6) is 5.75 Å². The molecule has 1 rings (SSSR count). The first-order chi connectivity index (χ1) is 9.36. The molecule has 0 aliphatic carbocycles. The standard InChI is InChI=1S/C13H15F2NO4/c1-2-3-4-10(13(19)20)16-12(18)7-5-8(14)11(17)9(15)6-7/h5-6,10,17H,2-4H2,1H3,(H,16,18)(H,19,20)/t10-/m0/s1. The van der Waals surface area contributed by atoms with Gasteiger partial charge in [0.2, 0.25) is 0 Å². The molecule has 1 aromatic carbocycles. The molecular weight excluding hydrogens is 272 g/mol. The van der Waals surface area contributed by atoms with Crippen molar-refractivity contribution in [2.45, 2.75) is 32.2 Å². The van der Waals surface area contributed by atoms with Crippen LogP contribution in [0.3, 0.4) is 0 Å². The van der Waals surface area contributed by atoms with Crippen LogP contribution in [0.25, 0.3) is 0 Å². The van der Waals surface area contributed by atoms with Crippen molar-refractivity contribution in [1.82, 2.24) is 5.32 Å². The Morgan fingerprint density at radius 2 is 1.85 bits per heavy atom. The third kappa shape index (κ3) is 3.91. The smallest absolute Gasteiger partial charge is 0.326 e. The van der Waals surface area contributed by atoms with E-state index in [1.165, 1.54) is 0 Å². The second-order valence-electron chi connectivity index (χ2n) is 4.30. The predicted molar refractivity (Wildman–Crippen MR) is 66.4 cm³/mol. The largest absolute Gasteiger partial charge is 0.503 e. The lowest BCUT2D eigenvalue weighted by atomic mass is 10.1. The number of benzene rings is 1. The van der Waals surface area contributed by atoms with E-state index in [1.807, 2.05) is 6.92 Å². The van der Waals surface area contributed by atoms with Gasteiger partial charge in [0, 0.05) is 5.56 Å². The lowest BCUT2D eigenvalue weighted by molar-refractivity contribution is -0.139. The fourth-order valence-electron chi connectivity index (χ4n) is 1.60. The molecule has 0 bridgehead atoms. The predicted octanol–water partition coefficient (Wildman–Crippen LogP) is 2.04. The molecule has 5 nitrogen and oxygen atoms in total. The third-order valence-electron chi connectivity index (χ3n) is 2.73. The van der Waals surface area contributed by atoms with Crippen LogP contribution in [0.4, 0.5) is 8.78 Å². The van der Waals surface area contributed by atoms with Crippen molar-refractivity contribution < 1.29 is 28.6 Å². The number of carboxylic acids is 1. The molecule has 1 atom stereocenters. The maximum absolute atomic E-state index is 13.1. The van der Waals surface area contributed by atoms with E-state index in [4.69, 9.17) is 10.2 Å². The van der Waals surface area contributed by atoms with Crippen molar-refractivity contribution in [1.29, 1.82) is 0 Å². The zero-order chi connectivity index (χ0) is 15.3. The highest BCUT2D eigenvalue weighted by Crippen LogP contribution is 2.21. The van der Waals surface area contributed by atoms with Crippen molar-refractivity contribution in [2.75, 3.05) is 0 Å². The van der Waals surface area contributed by atoms with E-state index in [9.17, 15) is 18.4 Å². The van der Waals surface area contributed by atoms with Gasteiger partial charge in [-0.2, -0.15) is 0 Å². The van der Waals surface area contributed by atoms with Gasteiger partial charge in [-0.3, -0.25) is 4.79 Å². The van der Waals surface area contributed by atoms with Gasteiger partial charge >= 0.3 is 5.97 Å². The Balaban J connectivity index is 2.86. The van der Waals surface area contributed by atoms with Crippen LogP contribution >= 0.6 is 0 Å². The molecule has 0 fully saturated rings. The Bertz CT molecular complexity index is 496. The summed E-state index contributed by atoms with van der Waals surface area (Å²) in [5, 5.41) is 20.1. The van der Waals surface area contributed by atoms with Crippen molar-refractivity contribution in [3.8, 4) is 5.75 Å².